The second-order valence-corrected chi connectivity index (χ2v) is 4.77. The zero-order valence-corrected chi connectivity index (χ0v) is 7.91. The molecule has 3 aliphatic carbocycles. The summed E-state index contributed by atoms with van der Waals surface area (Å²) in [7, 11) is 0. The van der Waals surface area contributed by atoms with Gasteiger partial charge < -0.3 is 0 Å². The van der Waals surface area contributed by atoms with E-state index < -0.39 is 0 Å². The third kappa shape index (κ3) is 0.452. The maximum absolute atomic E-state index is 8.85. The van der Waals surface area contributed by atoms with Crippen molar-refractivity contribution in [3.05, 3.63) is 46.5 Å². The lowest BCUT2D eigenvalue weighted by atomic mass is 9.79. The van der Waals surface area contributed by atoms with Gasteiger partial charge in [-0.05, 0) is 23.3 Å². The first-order valence-corrected chi connectivity index (χ1v) is 5.03. The Morgan fingerprint density at radius 3 is 3.00 bits per heavy atom. The van der Waals surface area contributed by atoms with Crippen molar-refractivity contribution >= 4 is 0 Å². The number of hydrogen-bond acceptors (Lipinski definition) is 1. The van der Waals surface area contributed by atoms with Crippen molar-refractivity contribution in [2.45, 2.75) is 18.8 Å². The van der Waals surface area contributed by atoms with Gasteiger partial charge in [0.15, 0.2) is 0 Å². The van der Waals surface area contributed by atoms with Gasteiger partial charge in [0.2, 0.25) is 0 Å². The fourth-order valence-electron chi connectivity index (χ4n) is 3.46. The molecule has 1 fully saturated rings. The standard InChI is InChI=1S/C13H9N/c1-13-10-5-11(13)12(13)9-4-7(6-14)2-3-8(9)10/h2-5,10,12H,1H3/t10-,12-,13-/m1/s1. The molecule has 0 N–H and O–H groups in total. The highest BCUT2D eigenvalue weighted by Crippen LogP contribution is 2.83. The van der Waals surface area contributed by atoms with Crippen LogP contribution in [0.25, 0.3) is 0 Å². The molecular formula is C13H9N. The Kier molecular flexibility index (Phi) is 0.810. The van der Waals surface area contributed by atoms with Gasteiger partial charge in [-0.25, -0.2) is 0 Å². The number of hydrogen-bond donors (Lipinski definition) is 0. The molecule has 3 aliphatic rings. The first-order valence-electron chi connectivity index (χ1n) is 5.03. The van der Waals surface area contributed by atoms with E-state index in [0.717, 1.165) is 5.56 Å². The zero-order valence-electron chi connectivity index (χ0n) is 7.91. The lowest BCUT2D eigenvalue weighted by Crippen LogP contribution is -2.12. The summed E-state index contributed by atoms with van der Waals surface area (Å²) in [5.74, 6) is 1.32. The van der Waals surface area contributed by atoms with Gasteiger partial charge >= 0.3 is 0 Å². The zero-order chi connectivity index (χ0) is 9.50. The SMILES string of the molecule is C[C@]12C3=C[C@@H]1c1ccc(C#N)cc1[C@H]32. The van der Waals surface area contributed by atoms with E-state index in [1.165, 1.54) is 11.1 Å². The Hall–Kier alpha value is -1.55. The summed E-state index contributed by atoms with van der Waals surface area (Å²) < 4.78 is 0. The first-order chi connectivity index (χ1) is 6.76. The van der Waals surface area contributed by atoms with Gasteiger partial charge in [-0.2, -0.15) is 5.26 Å². The summed E-state index contributed by atoms with van der Waals surface area (Å²) in [6.07, 6.45) is 2.40. The highest BCUT2D eigenvalue weighted by molar-refractivity contribution is 5.72. The highest BCUT2D eigenvalue weighted by Gasteiger charge is 2.71. The van der Waals surface area contributed by atoms with Crippen LogP contribution in [0.2, 0.25) is 0 Å². The van der Waals surface area contributed by atoms with E-state index in [1.807, 2.05) is 6.07 Å². The molecule has 0 amide bonds. The van der Waals surface area contributed by atoms with Gasteiger partial charge in [-0.15, -0.1) is 0 Å². The molecule has 1 aromatic rings. The Labute approximate surface area is 82.7 Å². The van der Waals surface area contributed by atoms with Gasteiger partial charge in [0.05, 0.1) is 11.6 Å². The fourth-order valence-corrected chi connectivity index (χ4v) is 3.46. The van der Waals surface area contributed by atoms with Crippen molar-refractivity contribution in [1.29, 1.82) is 5.26 Å². The van der Waals surface area contributed by atoms with Crippen LogP contribution in [0.5, 0.6) is 0 Å². The summed E-state index contributed by atoms with van der Waals surface area (Å²) >= 11 is 0. The fraction of sp³-hybridized carbons (Fsp3) is 0.308. The largest absolute Gasteiger partial charge is 0.192 e. The monoisotopic (exact) mass is 179 g/mol. The quantitative estimate of drug-likeness (QED) is 0.562. The third-order valence-electron chi connectivity index (χ3n) is 4.30. The van der Waals surface area contributed by atoms with E-state index in [-0.39, 0.29) is 0 Å². The van der Waals surface area contributed by atoms with Crippen LogP contribution < -0.4 is 0 Å². The average Bonchev–Trinajstić information content (AvgIpc) is 2.61. The summed E-state index contributed by atoms with van der Waals surface area (Å²) in [5.41, 5.74) is 5.78. The summed E-state index contributed by atoms with van der Waals surface area (Å²) in [6, 6.07) is 8.39. The van der Waals surface area contributed by atoms with Crippen LogP contribution >= 0.6 is 0 Å². The van der Waals surface area contributed by atoms with Crippen molar-refractivity contribution in [1.82, 2.24) is 0 Å². The van der Waals surface area contributed by atoms with E-state index in [4.69, 9.17) is 5.26 Å². The van der Waals surface area contributed by atoms with E-state index in [2.05, 4.69) is 31.2 Å². The molecule has 1 aromatic carbocycles. The van der Waals surface area contributed by atoms with Crippen LogP contribution in [0, 0.1) is 16.7 Å². The molecule has 0 aliphatic heterocycles. The van der Waals surface area contributed by atoms with Gasteiger partial charge in [0.25, 0.3) is 0 Å². The van der Waals surface area contributed by atoms with Crippen molar-refractivity contribution in [2.24, 2.45) is 5.41 Å². The van der Waals surface area contributed by atoms with Crippen molar-refractivity contribution in [2.75, 3.05) is 0 Å². The van der Waals surface area contributed by atoms with Crippen LogP contribution in [0.1, 0.15) is 35.4 Å². The van der Waals surface area contributed by atoms with E-state index in [1.54, 1.807) is 5.57 Å². The van der Waals surface area contributed by atoms with Crippen molar-refractivity contribution in [3.63, 3.8) is 0 Å². The molecule has 1 nitrogen and oxygen atoms in total. The van der Waals surface area contributed by atoms with Crippen LogP contribution in [0.15, 0.2) is 29.8 Å². The molecule has 1 heteroatoms. The second kappa shape index (κ2) is 1.66. The van der Waals surface area contributed by atoms with Crippen molar-refractivity contribution < 1.29 is 0 Å². The molecule has 0 unspecified atom stereocenters. The average molecular weight is 179 g/mol. The Morgan fingerprint density at radius 1 is 1.36 bits per heavy atom. The first kappa shape index (κ1) is 6.84. The third-order valence-corrected chi connectivity index (χ3v) is 4.30. The van der Waals surface area contributed by atoms with Gasteiger partial charge in [-0.1, -0.05) is 24.6 Å². The number of allylic oxidation sites excluding steroid dienone is 2. The van der Waals surface area contributed by atoms with Crippen LogP contribution in [-0.2, 0) is 0 Å². The highest BCUT2D eigenvalue weighted by atomic mass is 14.7. The summed E-state index contributed by atoms with van der Waals surface area (Å²) in [6.45, 7) is 2.35. The second-order valence-electron chi connectivity index (χ2n) is 4.77. The van der Waals surface area contributed by atoms with Gasteiger partial charge in [0, 0.05) is 17.3 Å². The molecule has 0 radical (unpaired) electrons. The Balaban J connectivity index is 1.99. The molecule has 0 aromatic heterocycles. The molecule has 0 spiro atoms. The lowest BCUT2D eigenvalue weighted by Gasteiger charge is -2.25. The van der Waals surface area contributed by atoms with Gasteiger partial charge in [-0.3, -0.25) is 0 Å². The molecule has 0 bridgehead atoms. The lowest BCUT2D eigenvalue weighted by molar-refractivity contribution is 0.511. The molecule has 14 heavy (non-hydrogen) atoms. The molecule has 1 saturated carbocycles. The predicted molar refractivity (Wildman–Crippen MR) is 52.8 cm³/mol. The molecule has 4 rings (SSSR count). The summed E-state index contributed by atoms with van der Waals surface area (Å²) in [5, 5.41) is 8.85. The van der Waals surface area contributed by atoms with Crippen molar-refractivity contribution in [3.8, 4) is 6.07 Å². The smallest absolute Gasteiger partial charge is 0.0991 e. The maximum Gasteiger partial charge on any atom is 0.0991 e. The van der Waals surface area contributed by atoms with E-state index in [0.29, 0.717) is 17.3 Å². The Morgan fingerprint density at radius 2 is 2.21 bits per heavy atom. The minimum Gasteiger partial charge on any atom is -0.192 e. The Bertz CT molecular complexity index is 547. The predicted octanol–water partition coefficient (Wildman–Crippen LogP) is 2.70. The molecule has 0 heterocycles. The number of nitriles is 1. The van der Waals surface area contributed by atoms with Crippen LogP contribution in [0.3, 0.4) is 0 Å². The number of benzene rings is 1. The topological polar surface area (TPSA) is 23.8 Å². The maximum atomic E-state index is 8.85. The van der Waals surface area contributed by atoms with E-state index >= 15 is 0 Å². The molecule has 3 atom stereocenters. The minimum absolute atomic E-state index is 0.469. The summed E-state index contributed by atoms with van der Waals surface area (Å²) in [4.78, 5) is 0. The van der Waals surface area contributed by atoms with Gasteiger partial charge in [0.1, 0.15) is 0 Å². The molecule has 66 valence electrons. The number of rotatable bonds is 0. The van der Waals surface area contributed by atoms with E-state index in [9.17, 15) is 0 Å². The van der Waals surface area contributed by atoms with Crippen LogP contribution in [-0.4, -0.2) is 0 Å². The van der Waals surface area contributed by atoms with Crippen LogP contribution in [0.4, 0.5) is 0 Å². The molecular weight excluding hydrogens is 170 g/mol. The molecule has 0 saturated heterocycles. The number of fused-ring (bicyclic) bond motifs is 4. The minimum atomic E-state index is 0.469. The normalized spacial score (nSPS) is 39.0. The number of nitrogens with zero attached hydrogens (tertiary/aromatic N) is 1.